The first kappa shape index (κ1) is 16.0. The van der Waals surface area contributed by atoms with Gasteiger partial charge in [0.25, 0.3) is 0 Å². The molecule has 0 aliphatic rings. The number of hydrogen-bond acceptors (Lipinski definition) is 2. The quantitative estimate of drug-likeness (QED) is 0.631. The molecule has 0 atom stereocenters. The summed E-state index contributed by atoms with van der Waals surface area (Å²) >= 11 is 5.28. The second kappa shape index (κ2) is 8.81. The molecule has 2 rings (SSSR count). The van der Waals surface area contributed by atoms with E-state index in [1.807, 2.05) is 30.3 Å². The molecule has 112 valence electrons. The molecular formula is C18H19N3S. The molecule has 0 unspecified atom stereocenters. The number of hydrogen-bond donors (Lipinski definition) is 2. The highest BCUT2D eigenvalue weighted by Gasteiger charge is 1.98. The van der Waals surface area contributed by atoms with Gasteiger partial charge in [0.05, 0.1) is 12.5 Å². The van der Waals surface area contributed by atoms with E-state index in [1.165, 1.54) is 5.56 Å². The van der Waals surface area contributed by atoms with Crippen molar-refractivity contribution in [3.8, 4) is 6.07 Å². The van der Waals surface area contributed by atoms with Crippen molar-refractivity contribution in [2.75, 3.05) is 11.9 Å². The molecule has 0 aromatic heterocycles. The summed E-state index contributed by atoms with van der Waals surface area (Å²) in [6, 6.07) is 20.3. The van der Waals surface area contributed by atoms with E-state index in [0.29, 0.717) is 11.5 Å². The topological polar surface area (TPSA) is 47.9 Å². The number of benzene rings is 2. The molecule has 0 saturated heterocycles. The number of nitrogens with zero attached hydrogens (tertiary/aromatic N) is 1. The van der Waals surface area contributed by atoms with Gasteiger partial charge in [-0.05, 0) is 48.3 Å². The monoisotopic (exact) mass is 309 g/mol. The van der Waals surface area contributed by atoms with Crippen LogP contribution in [0.4, 0.5) is 5.69 Å². The first-order chi connectivity index (χ1) is 10.8. The summed E-state index contributed by atoms with van der Waals surface area (Å²) < 4.78 is 0. The van der Waals surface area contributed by atoms with Gasteiger partial charge in [-0.1, -0.05) is 42.5 Å². The number of aryl methyl sites for hydroxylation is 1. The van der Waals surface area contributed by atoms with Gasteiger partial charge in [-0.3, -0.25) is 0 Å². The van der Waals surface area contributed by atoms with Gasteiger partial charge in [-0.15, -0.1) is 0 Å². The van der Waals surface area contributed by atoms with Gasteiger partial charge in [0.1, 0.15) is 0 Å². The van der Waals surface area contributed by atoms with Crippen molar-refractivity contribution in [2.24, 2.45) is 0 Å². The number of nitrogens with one attached hydrogen (secondary N) is 2. The summed E-state index contributed by atoms with van der Waals surface area (Å²) in [5, 5.41) is 15.6. The van der Waals surface area contributed by atoms with Crippen LogP contribution in [0.1, 0.15) is 17.5 Å². The molecular weight excluding hydrogens is 290 g/mol. The summed E-state index contributed by atoms with van der Waals surface area (Å²) in [7, 11) is 0. The number of thiocarbonyl (C=S) groups is 1. The highest BCUT2D eigenvalue weighted by molar-refractivity contribution is 7.80. The minimum absolute atomic E-state index is 0.433. The average molecular weight is 309 g/mol. The molecule has 2 aromatic carbocycles. The zero-order valence-corrected chi connectivity index (χ0v) is 13.2. The molecule has 2 aromatic rings. The molecule has 4 heteroatoms. The Labute approximate surface area is 137 Å². The maximum Gasteiger partial charge on any atom is 0.170 e. The van der Waals surface area contributed by atoms with Gasteiger partial charge in [-0.2, -0.15) is 5.26 Å². The van der Waals surface area contributed by atoms with E-state index in [2.05, 4.69) is 41.0 Å². The Morgan fingerprint density at radius 3 is 2.41 bits per heavy atom. The maximum atomic E-state index is 8.64. The molecule has 0 saturated carbocycles. The van der Waals surface area contributed by atoms with E-state index >= 15 is 0 Å². The predicted molar refractivity (Wildman–Crippen MR) is 94.7 cm³/mol. The van der Waals surface area contributed by atoms with Crippen molar-refractivity contribution in [3.63, 3.8) is 0 Å². The predicted octanol–water partition coefficient (Wildman–Crippen LogP) is 3.67. The lowest BCUT2D eigenvalue weighted by molar-refractivity contribution is 0.777. The smallest absolute Gasteiger partial charge is 0.170 e. The van der Waals surface area contributed by atoms with E-state index in [0.717, 1.165) is 30.6 Å². The molecule has 0 spiro atoms. The Morgan fingerprint density at radius 1 is 1.00 bits per heavy atom. The van der Waals surface area contributed by atoms with Crippen LogP contribution in [-0.4, -0.2) is 11.7 Å². The lowest BCUT2D eigenvalue weighted by Crippen LogP contribution is -2.29. The fourth-order valence-electron chi connectivity index (χ4n) is 2.11. The SMILES string of the molecule is N#CCc1ccc(NC(=S)NCCCc2ccccc2)cc1. The minimum atomic E-state index is 0.433. The van der Waals surface area contributed by atoms with Crippen LogP contribution in [0.25, 0.3) is 0 Å². The van der Waals surface area contributed by atoms with E-state index in [9.17, 15) is 0 Å². The summed E-state index contributed by atoms with van der Waals surface area (Å²) in [6.07, 6.45) is 2.51. The van der Waals surface area contributed by atoms with Crippen molar-refractivity contribution < 1.29 is 0 Å². The summed E-state index contributed by atoms with van der Waals surface area (Å²) in [6.45, 7) is 0.841. The summed E-state index contributed by atoms with van der Waals surface area (Å²) in [5.74, 6) is 0. The molecule has 0 heterocycles. The fraction of sp³-hybridized carbons (Fsp3) is 0.222. The Hall–Kier alpha value is -2.38. The van der Waals surface area contributed by atoms with Gasteiger partial charge < -0.3 is 10.6 Å². The van der Waals surface area contributed by atoms with E-state index in [4.69, 9.17) is 17.5 Å². The molecule has 0 amide bonds. The Balaban J connectivity index is 1.68. The lowest BCUT2D eigenvalue weighted by Gasteiger charge is -2.10. The molecule has 0 aliphatic carbocycles. The third kappa shape index (κ3) is 5.55. The zero-order chi connectivity index (χ0) is 15.6. The normalized spacial score (nSPS) is 9.77. The third-order valence-electron chi connectivity index (χ3n) is 3.27. The van der Waals surface area contributed by atoms with E-state index < -0.39 is 0 Å². The van der Waals surface area contributed by atoms with Crippen LogP contribution in [0.3, 0.4) is 0 Å². The highest BCUT2D eigenvalue weighted by atomic mass is 32.1. The van der Waals surface area contributed by atoms with Crippen molar-refractivity contribution >= 4 is 23.0 Å². The van der Waals surface area contributed by atoms with Crippen LogP contribution in [0.2, 0.25) is 0 Å². The zero-order valence-electron chi connectivity index (χ0n) is 12.4. The summed E-state index contributed by atoms with van der Waals surface area (Å²) in [5.41, 5.74) is 3.29. The highest BCUT2D eigenvalue weighted by Crippen LogP contribution is 2.09. The molecule has 3 nitrogen and oxygen atoms in total. The molecule has 0 radical (unpaired) electrons. The van der Waals surface area contributed by atoms with Crippen molar-refractivity contribution in [2.45, 2.75) is 19.3 Å². The van der Waals surface area contributed by atoms with Crippen molar-refractivity contribution in [3.05, 3.63) is 65.7 Å². The maximum absolute atomic E-state index is 8.64. The third-order valence-corrected chi connectivity index (χ3v) is 3.51. The van der Waals surface area contributed by atoms with Gasteiger partial charge in [-0.25, -0.2) is 0 Å². The second-order valence-corrected chi connectivity index (χ2v) is 5.41. The second-order valence-electron chi connectivity index (χ2n) is 5.00. The Bertz CT molecular complexity index is 630. The van der Waals surface area contributed by atoms with E-state index in [1.54, 1.807) is 0 Å². The van der Waals surface area contributed by atoms with Gasteiger partial charge in [0.15, 0.2) is 5.11 Å². The van der Waals surface area contributed by atoms with Crippen LogP contribution < -0.4 is 10.6 Å². The Kier molecular flexibility index (Phi) is 6.40. The molecule has 0 fully saturated rings. The first-order valence-corrected chi connectivity index (χ1v) is 7.73. The number of nitriles is 1. The average Bonchev–Trinajstić information content (AvgIpc) is 2.55. The Morgan fingerprint density at radius 2 is 1.73 bits per heavy atom. The minimum Gasteiger partial charge on any atom is -0.362 e. The van der Waals surface area contributed by atoms with Gasteiger partial charge in [0, 0.05) is 12.2 Å². The summed E-state index contributed by atoms with van der Waals surface area (Å²) in [4.78, 5) is 0. The molecule has 2 N–H and O–H groups in total. The number of rotatable bonds is 6. The standard InChI is InChI=1S/C18H19N3S/c19-13-12-16-8-10-17(11-9-16)21-18(22)20-14-4-7-15-5-2-1-3-6-15/h1-3,5-6,8-11H,4,7,12,14H2,(H2,20,21,22). The van der Waals surface area contributed by atoms with Gasteiger partial charge in [0.2, 0.25) is 0 Å². The first-order valence-electron chi connectivity index (χ1n) is 7.32. The largest absolute Gasteiger partial charge is 0.362 e. The van der Waals surface area contributed by atoms with E-state index in [-0.39, 0.29) is 0 Å². The van der Waals surface area contributed by atoms with Gasteiger partial charge >= 0.3 is 0 Å². The van der Waals surface area contributed by atoms with Crippen LogP contribution >= 0.6 is 12.2 Å². The molecule has 22 heavy (non-hydrogen) atoms. The van der Waals surface area contributed by atoms with Crippen LogP contribution in [-0.2, 0) is 12.8 Å². The molecule has 0 aliphatic heterocycles. The van der Waals surface area contributed by atoms with Crippen molar-refractivity contribution in [1.29, 1.82) is 5.26 Å². The van der Waals surface area contributed by atoms with Crippen LogP contribution in [0.5, 0.6) is 0 Å². The van der Waals surface area contributed by atoms with Crippen LogP contribution in [0.15, 0.2) is 54.6 Å². The van der Waals surface area contributed by atoms with Crippen LogP contribution in [0, 0.1) is 11.3 Å². The molecule has 0 bridgehead atoms. The fourth-order valence-corrected chi connectivity index (χ4v) is 2.33. The number of anilines is 1. The van der Waals surface area contributed by atoms with Crippen molar-refractivity contribution in [1.82, 2.24) is 5.32 Å². The lowest BCUT2D eigenvalue weighted by atomic mass is 10.1.